The first kappa shape index (κ1) is 16.2. The first-order valence-electron chi connectivity index (χ1n) is 6.88. The van der Waals surface area contributed by atoms with Crippen molar-refractivity contribution >= 4 is 34.7 Å². The summed E-state index contributed by atoms with van der Waals surface area (Å²) in [6.07, 6.45) is 3.24. The molecule has 1 aromatic heterocycles. The Labute approximate surface area is 147 Å². The van der Waals surface area contributed by atoms with E-state index in [0.717, 1.165) is 0 Å². The number of nitrogens with zero attached hydrogens (tertiary/aromatic N) is 1. The van der Waals surface area contributed by atoms with Crippen LogP contribution in [0.5, 0.6) is 0 Å². The van der Waals surface area contributed by atoms with Crippen molar-refractivity contribution in [1.82, 2.24) is 4.98 Å². The molecule has 5 nitrogen and oxygen atoms in total. The van der Waals surface area contributed by atoms with Gasteiger partial charge < -0.3 is 4.98 Å². The fraction of sp³-hybridized carbons (Fsp3) is 0. The number of hydrogen-bond acceptors (Lipinski definition) is 3. The molecule has 120 valence electrons. The second-order valence-corrected chi connectivity index (χ2v) is 5.88. The lowest BCUT2D eigenvalue weighted by Gasteiger charge is -2.06. The van der Waals surface area contributed by atoms with Crippen LogP contribution >= 0.6 is 23.2 Å². The van der Waals surface area contributed by atoms with E-state index in [1.165, 1.54) is 18.2 Å². The molecule has 1 N–H and O–H groups in total. The molecule has 3 aromatic rings. The van der Waals surface area contributed by atoms with Gasteiger partial charge in [0.2, 0.25) is 0 Å². The highest BCUT2D eigenvalue weighted by Gasteiger charge is 2.19. The first-order valence-corrected chi connectivity index (χ1v) is 7.64. The van der Waals surface area contributed by atoms with Crippen LogP contribution in [0.1, 0.15) is 15.9 Å². The Balaban J connectivity index is 2.01. The molecular formula is C17H10Cl2N2O3. The van der Waals surface area contributed by atoms with E-state index in [4.69, 9.17) is 23.2 Å². The highest BCUT2D eigenvalue weighted by Crippen LogP contribution is 2.30. The zero-order valence-corrected chi connectivity index (χ0v) is 13.6. The largest absolute Gasteiger partial charge is 0.366 e. The van der Waals surface area contributed by atoms with Crippen molar-refractivity contribution in [3.05, 3.63) is 86.1 Å². The summed E-state index contributed by atoms with van der Waals surface area (Å²) in [6, 6.07) is 10.7. The van der Waals surface area contributed by atoms with Crippen molar-refractivity contribution in [2.45, 2.75) is 0 Å². The molecule has 0 saturated heterocycles. The third kappa shape index (κ3) is 3.04. The minimum absolute atomic E-state index is 0.0112. The summed E-state index contributed by atoms with van der Waals surface area (Å²) in [6.45, 7) is 0. The van der Waals surface area contributed by atoms with E-state index in [1.54, 1.807) is 36.7 Å². The van der Waals surface area contributed by atoms with E-state index < -0.39 is 4.92 Å². The molecule has 0 aliphatic carbocycles. The van der Waals surface area contributed by atoms with Crippen LogP contribution in [0.25, 0.3) is 11.1 Å². The van der Waals surface area contributed by atoms with Crippen molar-refractivity contribution in [2.75, 3.05) is 0 Å². The molecule has 0 bridgehead atoms. The monoisotopic (exact) mass is 360 g/mol. The summed E-state index contributed by atoms with van der Waals surface area (Å²) < 4.78 is 0. The molecule has 0 fully saturated rings. The summed E-state index contributed by atoms with van der Waals surface area (Å²) in [5.74, 6) is -0.258. The minimum Gasteiger partial charge on any atom is -0.366 e. The van der Waals surface area contributed by atoms with E-state index in [1.807, 2.05) is 0 Å². The number of benzene rings is 2. The maximum absolute atomic E-state index is 12.8. The smallest absolute Gasteiger partial charge is 0.269 e. The number of nitro benzene ring substituents is 1. The number of aromatic amines is 1. The Kier molecular flexibility index (Phi) is 4.38. The Morgan fingerprint density at radius 3 is 2.33 bits per heavy atom. The summed E-state index contributed by atoms with van der Waals surface area (Å²) in [5.41, 5.74) is 2.08. The van der Waals surface area contributed by atoms with E-state index in [-0.39, 0.29) is 16.5 Å². The van der Waals surface area contributed by atoms with Gasteiger partial charge in [0.25, 0.3) is 5.69 Å². The standard InChI is InChI=1S/C17H10Cl2N2O3/c18-11-3-6-13(16(19)7-11)17(22)15-9-20-8-14(15)10-1-4-12(5-2-10)21(23)24/h1-9,20H. The Morgan fingerprint density at radius 2 is 1.71 bits per heavy atom. The number of aromatic nitrogens is 1. The Bertz CT molecular complexity index is 933. The molecule has 0 atom stereocenters. The van der Waals surface area contributed by atoms with E-state index in [0.29, 0.717) is 27.3 Å². The number of hydrogen-bond donors (Lipinski definition) is 1. The van der Waals surface area contributed by atoms with Crippen LogP contribution < -0.4 is 0 Å². The van der Waals surface area contributed by atoms with Crippen LogP contribution in [0.4, 0.5) is 5.69 Å². The molecule has 1 heterocycles. The quantitative estimate of drug-likeness (QED) is 0.398. The summed E-state index contributed by atoms with van der Waals surface area (Å²) >= 11 is 12.0. The first-order chi connectivity index (χ1) is 11.5. The fourth-order valence-corrected chi connectivity index (χ4v) is 2.87. The zero-order valence-electron chi connectivity index (χ0n) is 12.1. The summed E-state index contributed by atoms with van der Waals surface area (Å²) in [5, 5.41) is 11.5. The SMILES string of the molecule is O=C(c1ccc(Cl)cc1Cl)c1c[nH]cc1-c1ccc([N+](=O)[O-])cc1. The van der Waals surface area contributed by atoms with Crippen molar-refractivity contribution in [1.29, 1.82) is 0 Å². The van der Waals surface area contributed by atoms with Gasteiger partial charge in [-0.2, -0.15) is 0 Å². The Hall–Kier alpha value is -2.63. The Morgan fingerprint density at radius 1 is 1.00 bits per heavy atom. The molecule has 0 aliphatic heterocycles. The van der Waals surface area contributed by atoms with Crippen molar-refractivity contribution < 1.29 is 9.72 Å². The van der Waals surface area contributed by atoms with Gasteiger partial charge >= 0.3 is 0 Å². The van der Waals surface area contributed by atoms with Crippen LogP contribution in [0.15, 0.2) is 54.9 Å². The lowest BCUT2D eigenvalue weighted by atomic mass is 9.98. The molecule has 2 aromatic carbocycles. The van der Waals surface area contributed by atoms with Gasteiger partial charge in [-0.05, 0) is 35.9 Å². The maximum Gasteiger partial charge on any atom is 0.269 e. The topological polar surface area (TPSA) is 76.0 Å². The molecule has 0 unspecified atom stereocenters. The lowest BCUT2D eigenvalue weighted by Crippen LogP contribution is -2.02. The molecular weight excluding hydrogens is 351 g/mol. The number of carbonyl (C=O) groups is 1. The third-order valence-corrected chi connectivity index (χ3v) is 4.10. The number of nitrogens with one attached hydrogen (secondary N) is 1. The minimum atomic E-state index is -0.472. The van der Waals surface area contributed by atoms with Gasteiger partial charge in [0.05, 0.1) is 9.95 Å². The maximum atomic E-state index is 12.8. The molecule has 7 heteroatoms. The number of ketones is 1. The number of halogens is 2. The van der Waals surface area contributed by atoms with Gasteiger partial charge in [0.1, 0.15) is 0 Å². The average Bonchev–Trinajstić information content (AvgIpc) is 3.04. The van der Waals surface area contributed by atoms with Crippen LogP contribution in [0, 0.1) is 10.1 Å². The number of nitro groups is 1. The number of carbonyl (C=O) groups excluding carboxylic acids is 1. The van der Waals surface area contributed by atoms with Crippen LogP contribution in [0.2, 0.25) is 10.0 Å². The van der Waals surface area contributed by atoms with Gasteiger partial charge in [-0.25, -0.2) is 0 Å². The van der Waals surface area contributed by atoms with Crippen LogP contribution in [0.3, 0.4) is 0 Å². The van der Waals surface area contributed by atoms with Gasteiger partial charge in [-0.15, -0.1) is 0 Å². The molecule has 0 spiro atoms. The fourth-order valence-electron chi connectivity index (χ4n) is 2.37. The van der Waals surface area contributed by atoms with E-state index in [9.17, 15) is 14.9 Å². The third-order valence-electron chi connectivity index (χ3n) is 3.56. The molecule has 0 saturated carbocycles. The van der Waals surface area contributed by atoms with Crippen molar-refractivity contribution in [3.8, 4) is 11.1 Å². The highest BCUT2D eigenvalue weighted by molar-refractivity contribution is 6.37. The van der Waals surface area contributed by atoms with Gasteiger partial charge in [-0.1, -0.05) is 23.2 Å². The molecule has 0 radical (unpaired) electrons. The second-order valence-electron chi connectivity index (χ2n) is 5.04. The van der Waals surface area contributed by atoms with Gasteiger partial charge in [0.15, 0.2) is 5.78 Å². The van der Waals surface area contributed by atoms with Gasteiger partial charge in [0, 0.05) is 46.2 Å². The van der Waals surface area contributed by atoms with Gasteiger partial charge in [-0.3, -0.25) is 14.9 Å². The molecule has 0 amide bonds. The number of non-ortho nitro benzene ring substituents is 1. The zero-order chi connectivity index (χ0) is 17.3. The van der Waals surface area contributed by atoms with E-state index in [2.05, 4.69) is 4.98 Å². The van der Waals surface area contributed by atoms with Crippen molar-refractivity contribution in [3.63, 3.8) is 0 Å². The lowest BCUT2D eigenvalue weighted by molar-refractivity contribution is -0.384. The number of rotatable bonds is 4. The van der Waals surface area contributed by atoms with Crippen molar-refractivity contribution in [2.24, 2.45) is 0 Å². The summed E-state index contributed by atoms with van der Waals surface area (Å²) in [4.78, 5) is 25.9. The summed E-state index contributed by atoms with van der Waals surface area (Å²) in [7, 11) is 0. The van der Waals surface area contributed by atoms with Crippen LogP contribution in [-0.2, 0) is 0 Å². The normalized spacial score (nSPS) is 10.6. The van der Waals surface area contributed by atoms with E-state index >= 15 is 0 Å². The number of H-pyrrole nitrogens is 1. The highest BCUT2D eigenvalue weighted by atomic mass is 35.5. The predicted octanol–water partition coefficient (Wildman–Crippen LogP) is 5.13. The second kappa shape index (κ2) is 6.47. The van der Waals surface area contributed by atoms with Crippen LogP contribution in [-0.4, -0.2) is 15.7 Å². The molecule has 24 heavy (non-hydrogen) atoms. The molecule has 3 rings (SSSR count). The molecule has 0 aliphatic rings. The predicted molar refractivity (Wildman–Crippen MR) is 92.8 cm³/mol. The average molecular weight is 361 g/mol.